The molecule has 4 nitrogen and oxygen atoms in total. The zero-order valence-corrected chi connectivity index (χ0v) is 19.7. The van der Waals surface area contributed by atoms with Gasteiger partial charge in [0.05, 0.1) is 30.8 Å². The van der Waals surface area contributed by atoms with Crippen molar-refractivity contribution in [3.8, 4) is 11.8 Å². The third-order valence-corrected chi connectivity index (χ3v) is 8.46. The van der Waals surface area contributed by atoms with E-state index in [1.807, 2.05) is 12.1 Å². The number of ether oxygens (including phenoxy) is 1. The summed E-state index contributed by atoms with van der Waals surface area (Å²) in [5, 5.41) is 21.3. The van der Waals surface area contributed by atoms with Gasteiger partial charge in [-0.25, -0.2) is 4.79 Å². The number of halogens is 1. The van der Waals surface area contributed by atoms with Gasteiger partial charge in [-0.2, -0.15) is 0 Å². The lowest BCUT2D eigenvalue weighted by molar-refractivity contribution is -0.0418. The van der Waals surface area contributed by atoms with Crippen LogP contribution in [-0.4, -0.2) is 40.9 Å². The normalized spacial score (nSPS) is 29.5. The number of rotatable bonds is 8. The van der Waals surface area contributed by atoms with Crippen LogP contribution in [0.25, 0.3) is 0 Å². The molecule has 174 valence electrons. The van der Waals surface area contributed by atoms with Gasteiger partial charge in [-0.3, -0.25) is 0 Å². The van der Waals surface area contributed by atoms with Gasteiger partial charge in [0.1, 0.15) is 0 Å². The fourth-order valence-corrected chi connectivity index (χ4v) is 6.04. The van der Waals surface area contributed by atoms with Crippen molar-refractivity contribution < 1.29 is 19.7 Å². The Hall–Kier alpha value is -1.54. The van der Waals surface area contributed by atoms with Gasteiger partial charge in [0.15, 0.2) is 0 Å². The number of hydrogen-bond acceptors (Lipinski definition) is 4. The Morgan fingerprint density at radius 3 is 2.59 bits per heavy atom. The van der Waals surface area contributed by atoms with Crippen molar-refractivity contribution in [2.75, 3.05) is 7.11 Å². The molecule has 0 amide bonds. The Morgan fingerprint density at radius 1 is 1.28 bits per heavy atom. The maximum absolute atomic E-state index is 11.6. The number of carbonyl (C=O) groups is 1. The number of alkyl halides is 1. The highest BCUT2D eigenvalue weighted by atomic mass is 35.5. The van der Waals surface area contributed by atoms with E-state index < -0.39 is 6.10 Å². The molecule has 3 aliphatic carbocycles. The number of esters is 1. The molecule has 1 aromatic carbocycles. The van der Waals surface area contributed by atoms with Crippen molar-refractivity contribution in [2.24, 2.45) is 23.2 Å². The van der Waals surface area contributed by atoms with Crippen LogP contribution in [-0.2, 0) is 11.2 Å². The van der Waals surface area contributed by atoms with Crippen LogP contribution in [0.2, 0.25) is 0 Å². The summed E-state index contributed by atoms with van der Waals surface area (Å²) in [7, 11) is 1.38. The van der Waals surface area contributed by atoms with E-state index in [9.17, 15) is 15.0 Å². The van der Waals surface area contributed by atoms with Gasteiger partial charge in [-0.05, 0) is 73.5 Å². The molecule has 2 N–H and O–H groups in total. The summed E-state index contributed by atoms with van der Waals surface area (Å²) < 4.78 is 4.75. The maximum atomic E-state index is 11.6. The molecule has 0 aliphatic heterocycles. The molecule has 5 atom stereocenters. The number of aryl methyl sites for hydroxylation is 1. The zero-order valence-electron chi connectivity index (χ0n) is 18.9. The average molecular weight is 459 g/mol. The van der Waals surface area contributed by atoms with E-state index in [-0.39, 0.29) is 34.7 Å². The number of aliphatic hydroxyl groups is 2. The molecular weight excluding hydrogens is 424 g/mol. The molecule has 3 saturated carbocycles. The minimum atomic E-state index is -0.516. The second-order valence-electron chi connectivity index (χ2n) is 10.1. The minimum Gasteiger partial charge on any atom is -0.465 e. The second-order valence-corrected chi connectivity index (χ2v) is 10.7. The van der Waals surface area contributed by atoms with Crippen molar-refractivity contribution >= 4 is 17.6 Å². The quantitative estimate of drug-likeness (QED) is 0.335. The number of methoxy groups -OCH3 is 1. The maximum Gasteiger partial charge on any atom is 0.337 e. The van der Waals surface area contributed by atoms with Crippen molar-refractivity contribution in [1.29, 1.82) is 0 Å². The molecule has 32 heavy (non-hydrogen) atoms. The van der Waals surface area contributed by atoms with Crippen LogP contribution in [0, 0.1) is 35.0 Å². The molecule has 4 rings (SSSR count). The molecule has 1 aromatic rings. The van der Waals surface area contributed by atoms with Gasteiger partial charge >= 0.3 is 5.97 Å². The van der Waals surface area contributed by atoms with Crippen molar-refractivity contribution in [2.45, 2.75) is 81.8 Å². The Balaban J connectivity index is 1.34. The Bertz CT molecular complexity index is 847. The van der Waals surface area contributed by atoms with Gasteiger partial charge in [0, 0.05) is 11.8 Å². The van der Waals surface area contributed by atoms with Crippen LogP contribution in [0.5, 0.6) is 0 Å². The average Bonchev–Trinajstić information content (AvgIpc) is 3.54. The first kappa shape index (κ1) is 23.6. The smallest absolute Gasteiger partial charge is 0.337 e. The number of hydrogen-bond donors (Lipinski definition) is 2. The van der Waals surface area contributed by atoms with E-state index in [0.717, 1.165) is 43.6 Å². The highest BCUT2D eigenvalue weighted by Crippen LogP contribution is 2.53. The van der Waals surface area contributed by atoms with Gasteiger partial charge < -0.3 is 14.9 Å². The van der Waals surface area contributed by atoms with Crippen molar-refractivity contribution in [3.63, 3.8) is 0 Å². The topological polar surface area (TPSA) is 66.8 Å². The summed E-state index contributed by atoms with van der Waals surface area (Å²) in [5.74, 6) is 6.96. The predicted molar refractivity (Wildman–Crippen MR) is 125 cm³/mol. The summed E-state index contributed by atoms with van der Waals surface area (Å²) >= 11 is 6.59. The van der Waals surface area contributed by atoms with Gasteiger partial charge in [0.2, 0.25) is 0 Å². The Labute approximate surface area is 196 Å². The third-order valence-electron chi connectivity index (χ3n) is 7.96. The standard InChI is InChI=1S/C27H35ClO4/c1-32-26(31)20-11-8-18(9-12-20)10-13-21-22(24(29)16-23(21)28)4-2-5-25(30)27(14-3-15-27)17-19-6-7-19/h8-9,11-12,19,21-25,29-30H,3,5-7,10,13-17H2,1H3/t21-,22-,23-,24-,25?/m1/s1. The van der Waals surface area contributed by atoms with Crippen molar-refractivity contribution in [1.82, 2.24) is 0 Å². The molecule has 5 heteroatoms. The lowest BCUT2D eigenvalue weighted by atomic mass is 9.61. The van der Waals surface area contributed by atoms with Crippen LogP contribution in [0.4, 0.5) is 0 Å². The predicted octanol–water partition coefficient (Wildman–Crippen LogP) is 4.74. The first-order valence-corrected chi connectivity index (χ1v) is 12.5. The van der Waals surface area contributed by atoms with Crippen LogP contribution < -0.4 is 0 Å². The Kier molecular flexibility index (Phi) is 7.50. The van der Waals surface area contributed by atoms with E-state index in [1.165, 1.54) is 26.4 Å². The van der Waals surface area contributed by atoms with Gasteiger partial charge in [-0.1, -0.05) is 37.3 Å². The summed E-state index contributed by atoms with van der Waals surface area (Å²) in [4.78, 5) is 11.6. The number of aliphatic hydroxyl groups excluding tert-OH is 2. The van der Waals surface area contributed by atoms with E-state index >= 15 is 0 Å². The fourth-order valence-electron chi connectivity index (χ4n) is 5.58. The molecule has 3 aliphatic rings. The van der Waals surface area contributed by atoms with Crippen molar-refractivity contribution in [3.05, 3.63) is 35.4 Å². The molecule has 0 saturated heterocycles. The van der Waals surface area contributed by atoms with Crippen LogP contribution in [0.15, 0.2) is 24.3 Å². The van der Waals surface area contributed by atoms with Gasteiger partial charge in [-0.15, -0.1) is 17.5 Å². The van der Waals surface area contributed by atoms with Crippen LogP contribution in [0.1, 0.15) is 73.7 Å². The van der Waals surface area contributed by atoms with E-state index in [4.69, 9.17) is 16.3 Å². The molecule has 1 unspecified atom stereocenters. The lowest BCUT2D eigenvalue weighted by Crippen LogP contribution is -2.41. The summed E-state index contributed by atoms with van der Waals surface area (Å²) in [6.07, 6.45) is 9.07. The molecule has 0 bridgehead atoms. The third kappa shape index (κ3) is 5.33. The summed E-state index contributed by atoms with van der Waals surface area (Å²) in [6.45, 7) is 0. The first-order chi connectivity index (χ1) is 15.4. The first-order valence-electron chi connectivity index (χ1n) is 12.1. The van der Waals surface area contributed by atoms with Crippen LogP contribution >= 0.6 is 11.6 Å². The number of benzene rings is 1. The highest BCUT2D eigenvalue weighted by molar-refractivity contribution is 6.21. The van der Waals surface area contributed by atoms with E-state index in [2.05, 4.69) is 11.8 Å². The SMILES string of the molecule is COC(=O)c1ccc(CC[C@@H]2[C@@H](C#CCC(O)C3(CC4CC4)CCC3)[C@H](O)C[C@H]2Cl)cc1. The van der Waals surface area contributed by atoms with E-state index in [0.29, 0.717) is 18.4 Å². The largest absolute Gasteiger partial charge is 0.465 e. The fraction of sp³-hybridized carbons (Fsp3) is 0.667. The van der Waals surface area contributed by atoms with Gasteiger partial charge in [0.25, 0.3) is 0 Å². The molecule has 0 spiro atoms. The molecule has 0 aromatic heterocycles. The summed E-state index contributed by atoms with van der Waals surface area (Å²) in [6, 6.07) is 7.44. The Morgan fingerprint density at radius 2 is 2.00 bits per heavy atom. The minimum absolute atomic E-state index is 0.0922. The monoisotopic (exact) mass is 458 g/mol. The molecule has 0 heterocycles. The van der Waals surface area contributed by atoms with Crippen LogP contribution in [0.3, 0.4) is 0 Å². The highest BCUT2D eigenvalue weighted by Gasteiger charge is 2.46. The lowest BCUT2D eigenvalue weighted by Gasteiger charge is -2.45. The molecular formula is C27H35ClO4. The summed E-state index contributed by atoms with van der Waals surface area (Å²) in [5.41, 5.74) is 1.75. The second kappa shape index (κ2) is 10.2. The molecule has 0 radical (unpaired) electrons. The zero-order chi connectivity index (χ0) is 22.7. The molecule has 3 fully saturated rings. The number of carbonyl (C=O) groups excluding carboxylic acids is 1. The van der Waals surface area contributed by atoms with E-state index in [1.54, 1.807) is 12.1 Å².